The summed E-state index contributed by atoms with van der Waals surface area (Å²) in [5.41, 5.74) is 6.15. The first kappa shape index (κ1) is 12.1. The maximum absolute atomic E-state index is 10.9. The molecule has 0 aliphatic heterocycles. The second kappa shape index (κ2) is 5.23. The molecule has 0 heterocycles. The van der Waals surface area contributed by atoms with Crippen molar-refractivity contribution in [2.45, 2.75) is 0 Å². The van der Waals surface area contributed by atoms with E-state index in [9.17, 15) is 4.79 Å². The largest absolute Gasteiger partial charge is 0.482 e. The topological polar surface area (TPSA) is 64.3 Å². The van der Waals surface area contributed by atoms with Crippen LogP contribution in [0.25, 0.3) is 0 Å². The van der Waals surface area contributed by atoms with Crippen molar-refractivity contribution in [2.75, 3.05) is 19.4 Å². The van der Waals surface area contributed by atoms with Crippen molar-refractivity contribution in [1.29, 1.82) is 0 Å². The molecule has 0 spiro atoms. The van der Waals surface area contributed by atoms with Crippen LogP contribution in [0.15, 0.2) is 16.6 Å². The molecule has 0 aliphatic carbocycles. The van der Waals surface area contributed by atoms with E-state index in [0.29, 0.717) is 20.9 Å². The van der Waals surface area contributed by atoms with Crippen molar-refractivity contribution in [1.82, 2.24) is 5.32 Å². The molecule has 82 valence electrons. The number of hydrogen-bond acceptors (Lipinski definition) is 3. The Balaban J connectivity index is 2.77. The molecule has 6 heteroatoms. The molecule has 3 N–H and O–H groups in total. The highest BCUT2D eigenvalue weighted by molar-refractivity contribution is 9.10. The van der Waals surface area contributed by atoms with Crippen LogP contribution in [-0.4, -0.2) is 19.6 Å². The Kier molecular flexibility index (Phi) is 4.23. The standard InChI is InChI=1S/C9H10BrClN2O2/c1-13-9(14)4-15-8-3-7(12)5(10)2-6(8)11/h2-3H,4,12H2,1H3,(H,13,14). The number of hydrogen-bond donors (Lipinski definition) is 2. The van der Waals surface area contributed by atoms with Gasteiger partial charge in [-0.1, -0.05) is 11.6 Å². The van der Waals surface area contributed by atoms with Gasteiger partial charge in [-0.05, 0) is 22.0 Å². The van der Waals surface area contributed by atoms with Gasteiger partial charge in [0, 0.05) is 23.3 Å². The Morgan fingerprint density at radius 1 is 1.67 bits per heavy atom. The highest BCUT2D eigenvalue weighted by Gasteiger charge is 2.07. The average molecular weight is 294 g/mol. The molecular weight excluding hydrogens is 283 g/mol. The van der Waals surface area contributed by atoms with E-state index in [0.717, 1.165) is 0 Å². The first-order valence-electron chi connectivity index (χ1n) is 4.12. The van der Waals surface area contributed by atoms with Gasteiger partial charge in [0.1, 0.15) is 5.75 Å². The number of likely N-dealkylation sites (N-methyl/N-ethyl adjacent to an activating group) is 1. The lowest BCUT2D eigenvalue weighted by atomic mass is 10.3. The van der Waals surface area contributed by atoms with Crippen LogP contribution in [0.5, 0.6) is 5.75 Å². The van der Waals surface area contributed by atoms with Gasteiger partial charge in [0.15, 0.2) is 6.61 Å². The van der Waals surface area contributed by atoms with Gasteiger partial charge >= 0.3 is 0 Å². The minimum Gasteiger partial charge on any atom is -0.482 e. The van der Waals surface area contributed by atoms with Crippen molar-refractivity contribution >= 4 is 39.1 Å². The number of ether oxygens (including phenoxy) is 1. The molecule has 0 aromatic heterocycles. The molecule has 1 amide bonds. The summed E-state index contributed by atoms with van der Waals surface area (Å²) in [7, 11) is 1.53. The van der Waals surface area contributed by atoms with E-state index in [2.05, 4.69) is 21.2 Å². The number of nitrogens with one attached hydrogen (secondary N) is 1. The van der Waals surface area contributed by atoms with Crippen LogP contribution in [0.1, 0.15) is 0 Å². The average Bonchev–Trinajstić information content (AvgIpc) is 2.21. The van der Waals surface area contributed by atoms with Crippen LogP contribution in [0, 0.1) is 0 Å². The molecule has 1 rings (SSSR count). The second-order valence-electron chi connectivity index (χ2n) is 2.77. The fourth-order valence-electron chi connectivity index (χ4n) is 0.871. The van der Waals surface area contributed by atoms with E-state index in [1.807, 2.05) is 0 Å². The Morgan fingerprint density at radius 2 is 2.33 bits per heavy atom. The molecule has 0 atom stereocenters. The summed E-state index contributed by atoms with van der Waals surface area (Å²) in [5, 5.41) is 2.84. The van der Waals surface area contributed by atoms with Crippen molar-refractivity contribution in [2.24, 2.45) is 0 Å². The zero-order chi connectivity index (χ0) is 11.4. The molecule has 15 heavy (non-hydrogen) atoms. The first-order chi connectivity index (χ1) is 7.04. The Morgan fingerprint density at radius 3 is 2.93 bits per heavy atom. The normalized spacial score (nSPS) is 9.80. The van der Waals surface area contributed by atoms with Gasteiger partial charge in [-0.2, -0.15) is 0 Å². The van der Waals surface area contributed by atoms with E-state index in [1.165, 1.54) is 7.05 Å². The molecule has 0 radical (unpaired) electrons. The van der Waals surface area contributed by atoms with Crippen LogP contribution in [0.3, 0.4) is 0 Å². The number of benzene rings is 1. The lowest BCUT2D eigenvalue weighted by Gasteiger charge is -2.08. The van der Waals surface area contributed by atoms with Gasteiger partial charge in [-0.15, -0.1) is 0 Å². The fourth-order valence-corrected chi connectivity index (χ4v) is 1.56. The number of carbonyl (C=O) groups is 1. The number of nitrogens with two attached hydrogens (primary N) is 1. The number of nitrogen functional groups attached to an aromatic ring is 1. The fraction of sp³-hybridized carbons (Fsp3) is 0.222. The summed E-state index contributed by atoms with van der Waals surface area (Å²) in [6, 6.07) is 3.19. The summed E-state index contributed by atoms with van der Waals surface area (Å²) in [6.45, 7) is -0.0860. The summed E-state index contributed by atoms with van der Waals surface area (Å²) >= 11 is 9.12. The lowest BCUT2D eigenvalue weighted by molar-refractivity contribution is -0.122. The number of halogens is 2. The van der Waals surface area contributed by atoms with Crippen molar-refractivity contribution in [3.63, 3.8) is 0 Å². The Hall–Kier alpha value is -0.940. The van der Waals surface area contributed by atoms with Gasteiger partial charge in [0.25, 0.3) is 5.91 Å². The molecule has 4 nitrogen and oxygen atoms in total. The predicted octanol–water partition coefficient (Wildman–Crippen LogP) is 1.81. The Labute approximate surface area is 101 Å². The SMILES string of the molecule is CNC(=O)COc1cc(N)c(Br)cc1Cl. The van der Waals surface area contributed by atoms with Crippen LogP contribution < -0.4 is 15.8 Å². The van der Waals surface area contributed by atoms with E-state index in [4.69, 9.17) is 22.1 Å². The monoisotopic (exact) mass is 292 g/mol. The maximum atomic E-state index is 10.9. The molecule has 0 bridgehead atoms. The van der Waals surface area contributed by atoms with Crippen molar-refractivity contribution in [3.05, 3.63) is 21.6 Å². The van der Waals surface area contributed by atoms with Crippen LogP contribution in [0.2, 0.25) is 5.02 Å². The molecule has 0 fully saturated rings. The van der Waals surface area contributed by atoms with Gasteiger partial charge in [0.2, 0.25) is 0 Å². The van der Waals surface area contributed by atoms with E-state index in [-0.39, 0.29) is 12.5 Å². The number of anilines is 1. The third-order valence-electron chi connectivity index (χ3n) is 1.69. The molecule has 1 aromatic rings. The Bertz CT molecular complexity index is 385. The smallest absolute Gasteiger partial charge is 0.257 e. The highest BCUT2D eigenvalue weighted by Crippen LogP contribution is 2.32. The minimum absolute atomic E-state index is 0.0860. The third-order valence-corrected chi connectivity index (χ3v) is 2.67. The van der Waals surface area contributed by atoms with E-state index >= 15 is 0 Å². The minimum atomic E-state index is -0.229. The molecule has 0 saturated heterocycles. The highest BCUT2D eigenvalue weighted by atomic mass is 79.9. The maximum Gasteiger partial charge on any atom is 0.257 e. The van der Waals surface area contributed by atoms with Gasteiger partial charge < -0.3 is 15.8 Å². The number of carbonyl (C=O) groups excluding carboxylic acids is 1. The van der Waals surface area contributed by atoms with Crippen molar-refractivity contribution in [3.8, 4) is 5.75 Å². The number of amides is 1. The lowest BCUT2D eigenvalue weighted by Crippen LogP contribution is -2.24. The van der Waals surface area contributed by atoms with Crippen LogP contribution >= 0.6 is 27.5 Å². The summed E-state index contributed by atoms with van der Waals surface area (Å²) < 4.78 is 5.87. The van der Waals surface area contributed by atoms with E-state index in [1.54, 1.807) is 12.1 Å². The van der Waals surface area contributed by atoms with Gasteiger partial charge in [0.05, 0.1) is 5.02 Å². The summed E-state index contributed by atoms with van der Waals surface area (Å²) in [4.78, 5) is 10.9. The van der Waals surface area contributed by atoms with Crippen molar-refractivity contribution < 1.29 is 9.53 Å². The molecule has 0 saturated carbocycles. The predicted molar refractivity (Wildman–Crippen MR) is 63.1 cm³/mol. The summed E-state index contributed by atoms with van der Waals surface area (Å²) in [5.74, 6) is 0.161. The quantitative estimate of drug-likeness (QED) is 0.835. The first-order valence-corrected chi connectivity index (χ1v) is 5.29. The number of rotatable bonds is 3. The second-order valence-corrected chi connectivity index (χ2v) is 4.03. The summed E-state index contributed by atoms with van der Waals surface area (Å²) in [6.07, 6.45) is 0. The third kappa shape index (κ3) is 3.28. The zero-order valence-corrected chi connectivity index (χ0v) is 10.4. The molecule has 0 aliphatic rings. The van der Waals surface area contributed by atoms with Crippen LogP contribution in [-0.2, 0) is 4.79 Å². The van der Waals surface area contributed by atoms with E-state index < -0.39 is 0 Å². The zero-order valence-electron chi connectivity index (χ0n) is 8.01. The van der Waals surface area contributed by atoms with Crippen LogP contribution in [0.4, 0.5) is 5.69 Å². The molecular formula is C9H10BrClN2O2. The molecule has 0 unspecified atom stereocenters. The molecule has 1 aromatic carbocycles. The van der Waals surface area contributed by atoms with Gasteiger partial charge in [-0.25, -0.2) is 0 Å². The van der Waals surface area contributed by atoms with Gasteiger partial charge in [-0.3, -0.25) is 4.79 Å².